The van der Waals surface area contributed by atoms with Gasteiger partial charge in [-0.05, 0) is 0 Å². The number of benzene rings is 3. The standard InChI is InChI=1S/C26H26ClOP/c1-2-12-25(26(28)21-19-20-21)29(27,22-13-6-3-7-14-22,23-15-8-4-9-16-23)24-17-10-5-11-18-24/h3-18,21H,2,19-20H2,1H3/b25-12+. The number of halogens is 1. The summed E-state index contributed by atoms with van der Waals surface area (Å²) in [4.78, 5) is 13.7. The first-order chi connectivity index (χ1) is 14.1. The summed E-state index contributed by atoms with van der Waals surface area (Å²) in [6, 6.07) is 30.7. The van der Waals surface area contributed by atoms with E-state index in [0.717, 1.165) is 40.5 Å². The maximum atomic E-state index is 13.7. The number of hydrogen-bond acceptors (Lipinski definition) is 1. The second-order valence-corrected chi connectivity index (χ2v) is 13.7. The van der Waals surface area contributed by atoms with Gasteiger partial charge in [-0.3, -0.25) is 0 Å². The average molecular weight is 421 g/mol. The first kappa shape index (κ1) is 20.1. The number of carbonyl (C=O) groups is 1. The van der Waals surface area contributed by atoms with Crippen LogP contribution in [-0.4, -0.2) is 5.78 Å². The SMILES string of the molecule is CC/C=C(\C(=O)C1CC1)P(Cl)(c1ccccc1)(c1ccccc1)c1ccccc1. The van der Waals surface area contributed by atoms with Crippen LogP contribution in [0.3, 0.4) is 0 Å². The van der Waals surface area contributed by atoms with Gasteiger partial charge >= 0.3 is 178 Å². The molecule has 0 aromatic heterocycles. The van der Waals surface area contributed by atoms with Crippen LogP contribution >= 0.6 is 17.2 Å². The number of allylic oxidation sites excluding steroid dienone is 2. The zero-order valence-corrected chi connectivity index (χ0v) is 18.3. The van der Waals surface area contributed by atoms with Crippen LogP contribution in [0.2, 0.25) is 0 Å². The summed E-state index contributed by atoms with van der Waals surface area (Å²) in [6.07, 6.45) is 4.78. The molecule has 1 aliphatic rings. The number of rotatable bonds is 7. The molecule has 0 radical (unpaired) electrons. The first-order valence-electron chi connectivity index (χ1n) is 10.3. The van der Waals surface area contributed by atoms with E-state index in [9.17, 15) is 4.79 Å². The Morgan fingerprint density at radius 2 is 1.21 bits per heavy atom. The summed E-state index contributed by atoms with van der Waals surface area (Å²) in [6.45, 7) is 2.08. The van der Waals surface area contributed by atoms with Gasteiger partial charge < -0.3 is 0 Å². The Hall–Kier alpha value is -2.21. The van der Waals surface area contributed by atoms with E-state index in [1.54, 1.807) is 0 Å². The summed E-state index contributed by atoms with van der Waals surface area (Å²) >= 11 is 8.13. The topological polar surface area (TPSA) is 17.1 Å². The molecule has 1 fully saturated rings. The minimum atomic E-state index is -3.70. The zero-order valence-electron chi connectivity index (χ0n) is 16.7. The molecule has 0 spiro atoms. The van der Waals surface area contributed by atoms with Gasteiger partial charge in [0.25, 0.3) is 0 Å². The van der Waals surface area contributed by atoms with E-state index < -0.39 is 5.96 Å². The van der Waals surface area contributed by atoms with Crippen molar-refractivity contribution in [3.05, 3.63) is 102 Å². The van der Waals surface area contributed by atoms with E-state index in [1.807, 2.05) is 54.6 Å². The fourth-order valence-electron chi connectivity index (χ4n) is 4.22. The van der Waals surface area contributed by atoms with Gasteiger partial charge in [-0.25, -0.2) is 0 Å². The third-order valence-electron chi connectivity index (χ3n) is 5.77. The van der Waals surface area contributed by atoms with Gasteiger partial charge in [0.1, 0.15) is 0 Å². The summed E-state index contributed by atoms with van der Waals surface area (Å²) in [7, 11) is 0. The van der Waals surface area contributed by atoms with Crippen molar-refractivity contribution in [3.8, 4) is 0 Å². The molecule has 3 aromatic rings. The predicted molar refractivity (Wildman–Crippen MR) is 127 cm³/mol. The monoisotopic (exact) mass is 420 g/mol. The summed E-state index contributed by atoms with van der Waals surface area (Å²) < 4.78 is 0. The average Bonchev–Trinajstić information content (AvgIpc) is 3.64. The summed E-state index contributed by atoms with van der Waals surface area (Å²) in [5.41, 5.74) is 0. The van der Waals surface area contributed by atoms with Gasteiger partial charge in [0.15, 0.2) is 0 Å². The fourth-order valence-corrected chi connectivity index (χ4v) is 10.7. The van der Waals surface area contributed by atoms with Gasteiger partial charge in [0.2, 0.25) is 0 Å². The van der Waals surface area contributed by atoms with E-state index in [0.29, 0.717) is 0 Å². The number of carbonyl (C=O) groups excluding carboxylic acids is 1. The Balaban J connectivity index is 2.18. The van der Waals surface area contributed by atoms with Crippen molar-refractivity contribution in [3.63, 3.8) is 0 Å². The van der Waals surface area contributed by atoms with Crippen LogP contribution in [-0.2, 0) is 4.79 Å². The normalized spacial score (nSPS) is 16.1. The van der Waals surface area contributed by atoms with Gasteiger partial charge in [0.05, 0.1) is 0 Å². The molecule has 0 bridgehead atoms. The van der Waals surface area contributed by atoms with E-state index in [1.165, 1.54) is 0 Å². The number of ketones is 1. The Labute approximate surface area is 178 Å². The second kappa shape index (κ2) is 7.90. The Morgan fingerprint density at radius 3 is 1.52 bits per heavy atom. The molecule has 0 unspecified atom stereocenters. The molecule has 4 rings (SSSR count). The van der Waals surface area contributed by atoms with Crippen LogP contribution in [0.4, 0.5) is 0 Å². The Morgan fingerprint density at radius 1 is 0.828 bits per heavy atom. The first-order valence-corrected chi connectivity index (χ1v) is 13.4. The third-order valence-corrected chi connectivity index (χ3v) is 13.2. The van der Waals surface area contributed by atoms with Crippen LogP contribution in [0.1, 0.15) is 26.2 Å². The molecule has 0 aliphatic heterocycles. The van der Waals surface area contributed by atoms with Gasteiger partial charge in [-0.1, -0.05) is 0 Å². The van der Waals surface area contributed by atoms with Crippen LogP contribution in [0.5, 0.6) is 0 Å². The third kappa shape index (κ3) is 3.18. The quantitative estimate of drug-likeness (QED) is 0.341. The van der Waals surface area contributed by atoms with Crippen LogP contribution < -0.4 is 15.9 Å². The van der Waals surface area contributed by atoms with Crippen molar-refractivity contribution in [1.29, 1.82) is 0 Å². The molecule has 0 atom stereocenters. The maximum absolute atomic E-state index is 13.7. The number of Topliss-reactive ketones (excluding diaryl/α,β-unsaturated/α-hetero) is 1. The van der Waals surface area contributed by atoms with Crippen molar-refractivity contribution in [2.45, 2.75) is 26.2 Å². The molecule has 0 saturated heterocycles. The molecule has 148 valence electrons. The van der Waals surface area contributed by atoms with Gasteiger partial charge in [-0.2, -0.15) is 0 Å². The Kier molecular flexibility index (Phi) is 5.47. The summed E-state index contributed by atoms with van der Waals surface area (Å²) in [5.74, 6) is -3.38. The molecular formula is C26H26ClOP. The van der Waals surface area contributed by atoms with Crippen LogP contribution in [0.15, 0.2) is 102 Å². The van der Waals surface area contributed by atoms with E-state index in [-0.39, 0.29) is 11.7 Å². The summed E-state index contributed by atoms with van der Waals surface area (Å²) in [5, 5.41) is 3.86. The minimum absolute atomic E-state index is 0.101. The molecule has 0 heterocycles. The molecule has 1 aliphatic carbocycles. The molecule has 3 aromatic carbocycles. The van der Waals surface area contributed by atoms with Gasteiger partial charge in [-0.15, -0.1) is 0 Å². The van der Waals surface area contributed by atoms with Crippen molar-refractivity contribution in [2.75, 3.05) is 0 Å². The van der Waals surface area contributed by atoms with Crippen LogP contribution in [0, 0.1) is 5.92 Å². The fraction of sp³-hybridized carbons (Fsp3) is 0.192. The molecule has 0 amide bonds. The molecule has 1 nitrogen and oxygen atoms in total. The van der Waals surface area contributed by atoms with Crippen molar-refractivity contribution in [2.24, 2.45) is 5.92 Å². The van der Waals surface area contributed by atoms with Gasteiger partial charge in [0, 0.05) is 0 Å². The zero-order chi connectivity index (χ0) is 20.3. The number of hydrogen-bond donors (Lipinski definition) is 0. The molecule has 29 heavy (non-hydrogen) atoms. The van der Waals surface area contributed by atoms with E-state index in [4.69, 9.17) is 11.2 Å². The van der Waals surface area contributed by atoms with E-state index in [2.05, 4.69) is 49.4 Å². The Bertz CT molecular complexity index is 925. The van der Waals surface area contributed by atoms with Crippen molar-refractivity contribution >= 4 is 38.9 Å². The van der Waals surface area contributed by atoms with E-state index >= 15 is 0 Å². The molecule has 1 saturated carbocycles. The molecule has 3 heteroatoms. The predicted octanol–water partition coefficient (Wildman–Crippen LogP) is 5.94. The van der Waals surface area contributed by atoms with Crippen molar-refractivity contribution in [1.82, 2.24) is 0 Å². The van der Waals surface area contributed by atoms with Crippen molar-refractivity contribution < 1.29 is 4.79 Å². The molecular weight excluding hydrogens is 395 g/mol. The van der Waals surface area contributed by atoms with Crippen LogP contribution in [0.25, 0.3) is 0 Å². The second-order valence-electron chi connectivity index (χ2n) is 7.65. The molecule has 0 N–H and O–H groups in total.